The minimum atomic E-state index is -0.974. The van der Waals surface area contributed by atoms with Crippen LogP contribution in [0.2, 0.25) is 5.15 Å². The Kier molecular flexibility index (Phi) is 9.70. The number of nitrogens with two attached hydrogens (primary N) is 3. The number of ketones is 1. The highest BCUT2D eigenvalue weighted by atomic mass is 35.5. The molecule has 0 aliphatic carbocycles. The summed E-state index contributed by atoms with van der Waals surface area (Å²) in [6.45, 7) is 2.47. The van der Waals surface area contributed by atoms with Crippen LogP contribution in [0.4, 0.5) is 11.6 Å². The molecule has 210 valence electrons. The molecule has 5 rings (SSSR count). The number of fused-ring (bicyclic) bond motifs is 3. The molecular formula is C25H32Cl2N8O4. The lowest BCUT2D eigenvalue weighted by Crippen LogP contribution is -3.00. The Morgan fingerprint density at radius 2 is 1.79 bits per heavy atom. The average molecular weight is 579 g/mol. The molecular weight excluding hydrogens is 547 g/mol. The lowest BCUT2D eigenvalue weighted by Gasteiger charge is -2.51. The van der Waals surface area contributed by atoms with E-state index in [-0.39, 0.29) is 71.6 Å². The van der Waals surface area contributed by atoms with Crippen molar-refractivity contribution in [3.8, 4) is 0 Å². The molecule has 2 bridgehead atoms. The minimum Gasteiger partial charge on any atom is -1.00 e. The molecule has 3 aliphatic heterocycles. The normalized spacial score (nSPS) is 22.9. The number of benzene rings is 1. The molecule has 0 radical (unpaired) electrons. The zero-order valence-corrected chi connectivity index (χ0v) is 22.7. The lowest BCUT2D eigenvalue weighted by molar-refractivity contribution is -0.936. The molecule has 1 amide bonds. The summed E-state index contributed by atoms with van der Waals surface area (Å²) < 4.78 is 0.536. The number of rotatable bonds is 9. The van der Waals surface area contributed by atoms with Gasteiger partial charge < -0.3 is 39.2 Å². The second-order valence-electron chi connectivity index (χ2n) is 10.1. The van der Waals surface area contributed by atoms with Crippen molar-refractivity contribution in [1.82, 2.24) is 15.3 Å². The molecule has 0 unspecified atom stereocenters. The summed E-state index contributed by atoms with van der Waals surface area (Å²) in [6.07, 6.45) is 2.01. The summed E-state index contributed by atoms with van der Waals surface area (Å²) in [5.74, 6) is -2.63. The Labute approximate surface area is 237 Å². The number of carboxylic acids is 1. The van der Waals surface area contributed by atoms with Crippen LogP contribution in [0.1, 0.15) is 35.3 Å². The fourth-order valence-electron chi connectivity index (χ4n) is 5.47. The van der Waals surface area contributed by atoms with E-state index in [1.807, 2.05) is 30.3 Å². The van der Waals surface area contributed by atoms with Crippen LogP contribution < -0.4 is 34.9 Å². The Hall–Kier alpha value is -3.48. The maximum absolute atomic E-state index is 13.1. The smallest absolute Gasteiger partial charge is 0.307 e. The predicted octanol–water partition coefficient (Wildman–Crippen LogP) is -2.15. The second kappa shape index (κ2) is 12.6. The third-order valence-corrected chi connectivity index (χ3v) is 7.67. The fraction of sp³-hybridized carbons (Fsp3) is 0.440. The zero-order chi connectivity index (χ0) is 27.4. The number of nitrogens with zero attached hydrogens (tertiary/aromatic N) is 4. The fourth-order valence-corrected chi connectivity index (χ4v) is 5.60. The molecule has 3 fully saturated rings. The Morgan fingerprint density at radius 3 is 2.44 bits per heavy atom. The summed E-state index contributed by atoms with van der Waals surface area (Å²) >= 11 is 5.85. The number of aromatic nitrogens is 2. The molecule has 2 aromatic rings. The summed E-state index contributed by atoms with van der Waals surface area (Å²) in [6, 6.07) is 9.12. The number of piperidine rings is 3. The first-order valence-corrected chi connectivity index (χ1v) is 12.8. The third kappa shape index (κ3) is 7.34. The van der Waals surface area contributed by atoms with E-state index < -0.39 is 17.8 Å². The number of aliphatic carboxylic acids is 1. The van der Waals surface area contributed by atoms with E-state index >= 15 is 0 Å². The largest absolute Gasteiger partial charge is 1.00 e. The molecule has 8 N–H and O–H groups in total. The summed E-state index contributed by atoms with van der Waals surface area (Å²) in [5.41, 5.74) is 18.0. The van der Waals surface area contributed by atoms with E-state index in [1.54, 1.807) is 0 Å². The van der Waals surface area contributed by atoms with E-state index in [0.29, 0.717) is 17.4 Å². The maximum atomic E-state index is 13.1. The number of carbonyl (C=O) groups is 3. The van der Waals surface area contributed by atoms with E-state index in [9.17, 15) is 19.5 Å². The van der Waals surface area contributed by atoms with Crippen LogP contribution in [-0.4, -0.2) is 75.4 Å². The number of hydrogen-bond donors (Lipinski definition) is 5. The summed E-state index contributed by atoms with van der Waals surface area (Å²) in [7, 11) is 0. The molecule has 39 heavy (non-hydrogen) atoms. The second-order valence-corrected chi connectivity index (χ2v) is 10.5. The van der Waals surface area contributed by atoms with E-state index in [2.05, 4.69) is 20.3 Å². The van der Waals surface area contributed by atoms with Crippen LogP contribution in [-0.2, 0) is 16.0 Å². The highest BCUT2D eigenvalue weighted by Crippen LogP contribution is 2.36. The van der Waals surface area contributed by atoms with Crippen molar-refractivity contribution in [2.45, 2.75) is 31.7 Å². The highest BCUT2D eigenvalue weighted by Gasteiger charge is 2.47. The number of carboxylic acid groups (broad SMARTS) is 1. The van der Waals surface area contributed by atoms with Crippen molar-refractivity contribution < 1.29 is 36.4 Å². The first kappa shape index (κ1) is 30.1. The Bertz CT molecular complexity index is 1250. The predicted molar refractivity (Wildman–Crippen MR) is 142 cm³/mol. The van der Waals surface area contributed by atoms with Crippen molar-refractivity contribution in [2.24, 2.45) is 22.6 Å². The van der Waals surface area contributed by atoms with Crippen LogP contribution in [0.5, 0.6) is 0 Å². The van der Waals surface area contributed by atoms with Gasteiger partial charge in [0.2, 0.25) is 0 Å². The topological polar surface area (TPSA) is 200 Å². The van der Waals surface area contributed by atoms with Crippen molar-refractivity contribution in [3.63, 3.8) is 0 Å². The van der Waals surface area contributed by atoms with E-state index in [1.165, 1.54) is 0 Å². The molecule has 0 spiro atoms. The molecule has 0 saturated carbocycles. The van der Waals surface area contributed by atoms with Gasteiger partial charge in [0, 0.05) is 19.3 Å². The van der Waals surface area contributed by atoms with Gasteiger partial charge in [-0.2, -0.15) is 0 Å². The lowest BCUT2D eigenvalue weighted by atomic mass is 9.81. The van der Waals surface area contributed by atoms with E-state index in [0.717, 1.165) is 31.5 Å². The maximum Gasteiger partial charge on any atom is 0.307 e. The van der Waals surface area contributed by atoms with E-state index in [4.69, 9.17) is 28.8 Å². The van der Waals surface area contributed by atoms with Gasteiger partial charge in [0.15, 0.2) is 34.2 Å². The summed E-state index contributed by atoms with van der Waals surface area (Å²) in [4.78, 5) is 49.7. The zero-order valence-electron chi connectivity index (χ0n) is 21.2. The van der Waals surface area contributed by atoms with Gasteiger partial charge in [0.05, 0.1) is 19.0 Å². The number of nitrogens with one attached hydrogen (secondary N) is 1. The van der Waals surface area contributed by atoms with Gasteiger partial charge in [-0.15, -0.1) is 0 Å². The van der Waals surface area contributed by atoms with Crippen molar-refractivity contribution >= 4 is 46.9 Å². The number of amides is 1. The molecule has 4 heterocycles. The van der Waals surface area contributed by atoms with Crippen LogP contribution >= 0.6 is 11.6 Å². The van der Waals surface area contributed by atoms with Gasteiger partial charge in [-0.1, -0.05) is 41.9 Å². The monoisotopic (exact) mass is 578 g/mol. The Balaban J connectivity index is 0.00000420. The molecule has 3 aliphatic rings. The minimum absolute atomic E-state index is 0. The molecule has 14 heteroatoms. The van der Waals surface area contributed by atoms with Gasteiger partial charge in [-0.3, -0.25) is 19.7 Å². The van der Waals surface area contributed by atoms with Crippen molar-refractivity contribution in [2.75, 3.05) is 37.6 Å². The molecule has 1 aromatic carbocycles. The molecule has 12 nitrogen and oxygen atoms in total. The van der Waals surface area contributed by atoms with Gasteiger partial charge in [-0.05, 0) is 17.9 Å². The number of Topliss-reactive ketones (excluding diaryl/α,β-unsaturated/α-hetero) is 1. The number of carbonyl (C=O) groups excluding carboxylic acids is 2. The molecule has 1 aromatic heterocycles. The first-order valence-electron chi connectivity index (χ1n) is 12.4. The highest BCUT2D eigenvalue weighted by molar-refractivity contribution is 6.31. The van der Waals surface area contributed by atoms with Crippen molar-refractivity contribution in [1.29, 1.82) is 0 Å². The number of aliphatic imine (C=N–C) groups is 1. The van der Waals surface area contributed by atoms with Crippen LogP contribution in [0.15, 0.2) is 35.3 Å². The standard InChI is InChI=1S/C25H31ClN8O4.ClH/c26-20-22(28)32-21(27)19(31-20)23(36)33-25(29)30-18-13-34(8-6-15(18)7-9-34)12-17(35)11-16(24(37)38)10-14-4-2-1-3-5-14;/h1-5,15-16,18H,6-13H2,(H7-,27,28,29,30,32,33,36,37,38);1H/t15?,16-,18+,34?;/m0./s1. The number of hydrogen-bond acceptors (Lipinski definition) is 8. The van der Waals surface area contributed by atoms with Crippen LogP contribution in [0.3, 0.4) is 0 Å². The number of guanidine groups is 1. The number of nitrogen functional groups attached to an aromatic ring is 2. The molecule has 2 atom stereocenters. The van der Waals surface area contributed by atoms with Gasteiger partial charge >= 0.3 is 5.97 Å². The SMILES string of the molecule is NC(=N[C@@H]1C[N+]2(CC(=O)C[C@H](Cc3ccccc3)C(=O)O)CCC1CC2)NC(=O)c1nc(Cl)c(N)nc1N.[Cl-]. The van der Waals surface area contributed by atoms with Gasteiger partial charge in [0.1, 0.15) is 19.1 Å². The van der Waals surface area contributed by atoms with Crippen LogP contribution in [0, 0.1) is 11.8 Å². The number of halogens is 2. The van der Waals surface area contributed by atoms with Crippen LogP contribution in [0.25, 0.3) is 0 Å². The molecule has 3 saturated heterocycles. The quantitative estimate of drug-likeness (QED) is 0.125. The average Bonchev–Trinajstić information content (AvgIpc) is 2.86. The van der Waals surface area contributed by atoms with Gasteiger partial charge in [0.25, 0.3) is 5.91 Å². The third-order valence-electron chi connectivity index (χ3n) is 7.39. The van der Waals surface area contributed by atoms with Gasteiger partial charge in [-0.25, -0.2) is 15.0 Å². The van der Waals surface area contributed by atoms with Crippen molar-refractivity contribution in [3.05, 3.63) is 46.7 Å². The Morgan fingerprint density at radius 1 is 1.13 bits per heavy atom. The number of anilines is 2. The number of quaternary nitrogens is 1. The first-order chi connectivity index (χ1) is 18.0. The summed E-state index contributed by atoms with van der Waals surface area (Å²) in [5, 5.41) is 12.0.